The molecule has 0 fully saturated rings. The van der Waals surface area contributed by atoms with Crippen LogP contribution in [0.15, 0.2) is 48.5 Å². The summed E-state index contributed by atoms with van der Waals surface area (Å²) in [4.78, 5) is 13.4. The molecule has 0 aromatic heterocycles. The Hall–Kier alpha value is -2.40. The van der Waals surface area contributed by atoms with Crippen LogP contribution in [0.25, 0.3) is 0 Å². The Morgan fingerprint density at radius 1 is 1.23 bits per heavy atom. The molecule has 0 unspecified atom stereocenters. The molecule has 0 radical (unpaired) electrons. The van der Waals surface area contributed by atoms with E-state index in [1.54, 1.807) is 43.4 Å². The number of rotatable bonds is 6. The van der Waals surface area contributed by atoms with Gasteiger partial charge in [-0.05, 0) is 42.0 Å². The van der Waals surface area contributed by atoms with Crippen LogP contribution < -0.4 is 4.74 Å². The average Bonchev–Trinajstić information content (AvgIpc) is 2.53. The van der Waals surface area contributed by atoms with Gasteiger partial charge >= 0.3 is 0 Å². The molecule has 0 aliphatic heterocycles. The third-order valence-electron chi connectivity index (χ3n) is 3.18. The standard InChI is InChI=1S/C17H18FNO3/c1-19(9-10-20)17(21)14-5-7-16(8-6-14)22-12-13-3-2-4-15(18)11-13/h2-8,11,20H,9-10,12H2,1H3. The van der Waals surface area contributed by atoms with Gasteiger partial charge in [0.15, 0.2) is 0 Å². The second kappa shape index (κ2) is 7.56. The fraction of sp³-hybridized carbons (Fsp3) is 0.235. The topological polar surface area (TPSA) is 49.8 Å². The first kappa shape index (κ1) is 16.0. The molecule has 0 saturated carbocycles. The lowest BCUT2D eigenvalue weighted by Crippen LogP contribution is -2.29. The van der Waals surface area contributed by atoms with Gasteiger partial charge in [-0.3, -0.25) is 4.79 Å². The van der Waals surface area contributed by atoms with Crippen LogP contribution >= 0.6 is 0 Å². The van der Waals surface area contributed by atoms with E-state index in [-0.39, 0.29) is 31.5 Å². The summed E-state index contributed by atoms with van der Waals surface area (Å²) in [6.07, 6.45) is 0. The lowest BCUT2D eigenvalue weighted by Gasteiger charge is -2.15. The molecular formula is C17H18FNO3. The Kier molecular flexibility index (Phi) is 5.49. The minimum atomic E-state index is -0.297. The number of hydrogen-bond donors (Lipinski definition) is 1. The van der Waals surface area contributed by atoms with Gasteiger partial charge in [0.1, 0.15) is 18.2 Å². The molecule has 2 aromatic carbocycles. The van der Waals surface area contributed by atoms with Crippen molar-refractivity contribution in [1.29, 1.82) is 0 Å². The van der Waals surface area contributed by atoms with E-state index in [1.807, 2.05) is 0 Å². The Bertz CT molecular complexity index is 628. The van der Waals surface area contributed by atoms with Gasteiger partial charge in [0.05, 0.1) is 6.61 Å². The van der Waals surface area contributed by atoms with Gasteiger partial charge in [-0.15, -0.1) is 0 Å². The van der Waals surface area contributed by atoms with Crippen LogP contribution in [0.3, 0.4) is 0 Å². The average molecular weight is 303 g/mol. The number of carbonyl (C=O) groups is 1. The second-order valence-corrected chi connectivity index (χ2v) is 4.89. The molecule has 0 saturated heterocycles. The summed E-state index contributed by atoms with van der Waals surface area (Å²) in [5.74, 6) is 0.144. The van der Waals surface area contributed by atoms with Crippen molar-refractivity contribution in [2.75, 3.05) is 20.2 Å². The molecule has 1 N–H and O–H groups in total. The molecule has 1 amide bonds. The molecule has 116 valence electrons. The zero-order chi connectivity index (χ0) is 15.9. The van der Waals surface area contributed by atoms with Gasteiger partial charge in [0.25, 0.3) is 5.91 Å². The first-order valence-electron chi connectivity index (χ1n) is 6.94. The smallest absolute Gasteiger partial charge is 0.253 e. The van der Waals surface area contributed by atoms with E-state index in [0.717, 1.165) is 5.56 Å². The Morgan fingerprint density at radius 3 is 2.59 bits per heavy atom. The second-order valence-electron chi connectivity index (χ2n) is 4.89. The molecule has 0 heterocycles. The van der Waals surface area contributed by atoms with Crippen LogP contribution in [-0.4, -0.2) is 36.1 Å². The Morgan fingerprint density at radius 2 is 1.95 bits per heavy atom. The van der Waals surface area contributed by atoms with Crippen LogP contribution in [0.2, 0.25) is 0 Å². The normalized spacial score (nSPS) is 10.3. The molecule has 0 spiro atoms. The van der Waals surface area contributed by atoms with E-state index in [0.29, 0.717) is 11.3 Å². The van der Waals surface area contributed by atoms with Crippen molar-refractivity contribution in [3.05, 3.63) is 65.5 Å². The van der Waals surface area contributed by atoms with Crippen LogP contribution in [0.1, 0.15) is 15.9 Å². The quantitative estimate of drug-likeness (QED) is 0.892. The van der Waals surface area contributed by atoms with Gasteiger partial charge in [-0.25, -0.2) is 4.39 Å². The summed E-state index contributed by atoms with van der Waals surface area (Å²) in [5.41, 5.74) is 1.26. The van der Waals surface area contributed by atoms with Crippen molar-refractivity contribution in [1.82, 2.24) is 4.90 Å². The van der Waals surface area contributed by atoms with E-state index < -0.39 is 0 Å². The molecule has 0 aliphatic carbocycles. The minimum absolute atomic E-state index is 0.0724. The number of halogens is 1. The molecular weight excluding hydrogens is 285 g/mol. The monoisotopic (exact) mass is 303 g/mol. The Labute approximate surface area is 128 Å². The number of carbonyl (C=O) groups excluding carboxylic acids is 1. The molecule has 2 aromatic rings. The number of benzene rings is 2. The van der Waals surface area contributed by atoms with Gasteiger partial charge < -0.3 is 14.7 Å². The number of hydrogen-bond acceptors (Lipinski definition) is 3. The fourth-order valence-electron chi connectivity index (χ4n) is 1.96. The molecule has 0 bridgehead atoms. The number of aliphatic hydroxyl groups is 1. The lowest BCUT2D eigenvalue weighted by atomic mass is 10.2. The molecule has 0 atom stereocenters. The molecule has 5 heteroatoms. The highest BCUT2D eigenvalue weighted by Crippen LogP contribution is 2.15. The van der Waals surface area contributed by atoms with Gasteiger partial charge in [0, 0.05) is 19.2 Å². The fourth-order valence-corrected chi connectivity index (χ4v) is 1.96. The predicted octanol–water partition coefficient (Wildman–Crippen LogP) is 2.47. The molecule has 0 aliphatic rings. The van der Waals surface area contributed by atoms with Crippen molar-refractivity contribution >= 4 is 5.91 Å². The van der Waals surface area contributed by atoms with E-state index in [1.165, 1.54) is 17.0 Å². The summed E-state index contributed by atoms with van der Waals surface area (Å²) in [5, 5.41) is 8.83. The van der Waals surface area contributed by atoms with Gasteiger partial charge in [-0.1, -0.05) is 12.1 Å². The Balaban J connectivity index is 1.96. The van der Waals surface area contributed by atoms with Crippen molar-refractivity contribution in [2.24, 2.45) is 0 Å². The van der Waals surface area contributed by atoms with E-state index in [4.69, 9.17) is 9.84 Å². The zero-order valence-electron chi connectivity index (χ0n) is 12.3. The maximum absolute atomic E-state index is 13.1. The first-order valence-corrected chi connectivity index (χ1v) is 6.94. The number of nitrogens with zero attached hydrogens (tertiary/aromatic N) is 1. The summed E-state index contributed by atoms with van der Waals surface area (Å²) in [7, 11) is 1.63. The third-order valence-corrected chi connectivity index (χ3v) is 3.18. The first-order chi connectivity index (χ1) is 10.6. The highest BCUT2D eigenvalue weighted by molar-refractivity contribution is 5.94. The number of amides is 1. The summed E-state index contributed by atoms with van der Waals surface area (Å²) < 4.78 is 18.6. The maximum atomic E-state index is 13.1. The van der Waals surface area contributed by atoms with Crippen molar-refractivity contribution in [2.45, 2.75) is 6.61 Å². The predicted molar refractivity (Wildman–Crippen MR) is 81.2 cm³/mol. The van der Waals surface area contributed by atoms with Crippen molar-refractivity contribution in [3.63, 3.8) is 0 Å². The van der Waals surface area contributed by atoms with Crippen LogP contribution in [0.4, 0.5) is 4.39 Å². The van der Waals surface area contributed by atoms with E-state index in [9.17, 15) is 9.18 Å². The third kappa shape index (κ3) is 4.30. The molecule has 4 nitrogen and oxygen atoms in total. The number of likely N-dealkylation sites (N-methyl/N-ethyl adjacent to an activating group) is 1. The SMILES string of the molecule is CN(CCO)C(=O)c1ccc(OCc2cccc(F)c2)cc1. The number of ether oxygens (including phenoxy) is 1. The number of aliphatic hydroxyl groups excluding tert-OH is 1. The zero-order valence-corrected chi connectivity index (χ0v) is 12.3. The highest BCUT2D eigenvalue weighted by Gasteiger charge is 2.10. The highest BCUT2D eigenvalue weighted by atomic mass is 19.1. The van der Waals surface area contributed by atoms with Gasteiger partial charge in [0.2, 0.25) is 0 Å². The minimum Gasteiger partial charge on any atom is -0.489 e. The summed E-state index contributed by atoms with van der Waals surface area (Å²) >= 11 is 0. The largest absolute Gasteiger partial charge is 0.489 e. The summed E-state index contributed by atoms with van der Waals surface area (Å²) in [6, 6.07) is 12.9. The van der Waals surface area contributed by atoms with Crippen LogP contribution in [-0.2, 0) is 6.61 Å². The van der Waals surface area contributed by atoms with Crippen LogP contribution in [0.5, 0.6) is 5.75 Å². The molecule has 2 rings (SSSR count). The maximum Gasteiger partial charge on any atom is 0.253 e. The summed E-state index contributed by atoms with van der Waals surface area (Å²) in [6.45, 7) is 0.475. The van der Waals surface area contributed by atoms with Crippen molar-refractivity contribution < 1.29 is 19.0 Å². The van der Waals surface area contributed by atoms with Gasteiger partial charge in [-0.2, -0.15) is 0 Å². The van der Waals surface area contributed by atoms with Crippen molar-refractivity contribution in [3.8, 4) is 5.75 Å². The lowest BCUT2D eigenvalue weighted by molar-refractivity contribution is 0.0767. The molecule has 22 heavy (non-hydrogen) atoms. The van der Waals surface area contributed by atoms with E-state index in [2.05, 4.69) is 0 Å². The van der Waals surface area contributed by atoms with Crippen LogP contribution in [0, 0.1) is 5.82 Å². The van der Waals surface area contributed by atoms with E-state index >= 15 is 0 Å².